The third-order valence-corrected chi connectivity index (χ3v) is 4.86. The Labute approximate surface area is 128 Å². The maximum atomic E-state index is 3.80. The highest BCUT2D eigenvalue weighted by molar-refractivity contribution is 9.09. The Bertz CT molecular complexity index is 660. The fourth-order valence-corrected chi connectivity index (χ4v) is 3.63. The van der Waals surface area contributed by atoms with E-state index >= 15 is 0 Å². The zero-order valence-corrected chi connectivity index (χ0v) is 13.4. The van der Waals surface area contributed by atoms with Gasteiger partial charge in [-0.2, -0.15) is 0 Å². The molecule has 0 N–H and O–H groups in total. The third-order valence-electron chi connectivity index (χ3n) is 3.95. The van der Waals surface area contributed by atoms with Crippen molar-refractivity contribution in [3.63, 3.8) is 0 Å². The Kier molecular flexibility index (Phi) is 4.11. The second-order valence-electron chi connectivity index (χ2n) is 5.36. The Hall–Kier alpha value is -1.28. The van der Waals surface area contributed by atoms with Crippen LogP contribution in [0.15, 0.2) is 48.5 Å². The van der Waals surface area contributed by atoms with E-state index in [4.69, 9.17) is 0 Å². The van der Waals surface area contributed by atoms with Crippen LogP contribution in [0.5, 0.6) is 0 Å². The number of rotatable bonds is 5. The highest BCUT2D eigenvalue weighted by Crippen LogP contribution is 2.29. The van der Waals surface area contributed by atoms with Crippen LogP contribution in [0.2, 0.25) is 0 Å². The van der Waals surface area contributed by atoms with E-state index in [0.717, 1.165) is 6.54 Å². The van der Waals surface area contributed by atoms with Gasteiger partial charge >= 0.3 is 0 Å². The van der Waals surface area contributed by atoms with Gasteiger partial charge in [-0.3, -0.25) is 0 Å². The molecule has 104 valence electrons. The van der Waals surface area contributed by atoms with Crippen LogP contribution in [0.1, 0.15) is 26.2 Å². The van der Waals surface area contributed by atoms with Gasteiger partial charge in [-0.1, -0.05) is 65.7 Å². The molecule has 1 unspecified atom stereocenters. The molecule has 1 atom stereocenters. The van der Waals surface area contributed by atoms with Gasteiger partial charge in [0, 0.05) is 33.2 Å². The molecule has 0 saturated carbocycles. The number of para-hydroxylation sites is 2. The molecule has 1 aromatic heterocycles. The minimum absolute atomic E-state index is 0.618. The number of aryl methyl sites for hydroxylation is 1. The summed E-state index contributed by atoms with van der Waals surface area (Å²) in [6.07, 6.45) is 3.66. The Morgan fingerprint density at radius 2 is 1.45 bits per heavy atom. The molecule has 0 bridgehead atoms. The normalized spacial score (nSPS) is 13.1. The molecule has 20 heavy (non-hydrogen) atoms. The van der Waals surface area contributed by atoms with Crippen LogP contribution in [-0.2, 0) is 6.54 Å². The van der Waals surface area contributed by atoms with E-state index in [9.17, 15) is 0 Å². The Morgan fingerprint density at radius 1 is 0.900 bits per heavy atom. The largest absolute Gasteiger partial charge is 0.340 e. The van der Waals surface area contributed by atoms with E-state index in [0.29, 0.717) is 4.83 Å². The number of fused-ring (bicyclic) bond motifs is 3. The van der Waals surface area contributed by atoms with Crippen molar-refractivity contribution in [1.29, 1.82) is 0 Å². The second kappa shape index (κ2) is 6.01. The minimum atomic E-state index is 0.618. The average Bonchev–Trinajstić information content (AvgIpc) is 2.80. The lowest BCUT2D eigenvalue weighted by molar-refractivity contribution is 0.622. The summed E-state index contributed by atoms with van der Waals surface area (Å²) in [6, 6.07) is 17.5. The van der Waals surface area contributed by atoms with E-state index in [1.54, 1.807) is 0 Å². The van der Waals surface area contributed by atoms with Gasteiger partial charge in [0.25, 0.3) is 0 Å². The van der Waals surface area contributed by atoms with E-state index < -0.39 is 0 Å². The number of hydrogen-bond donors (Lipinski definition) is 0. The van der Waals surface area contributed by atoms with Gasteiger partial charge in [0.05, 0.1) is 0 Å². The molecule has 0 spiro atoms. The van der Waals surface area contributed by atoms with Crippen molar-refractivity contribution >= 4 is 37.7 Å². The first kappa shape index (κ1) is 13.7. The molecule has 0 aliphatic carbocycles. The molecule has 3 aromatic rings. The topological polar surface area (TPSA) is 4.93 Å². The number of aromatic nitrogens is 1. The standard InChI is InChI=1S/C18H20BrN/c1-2-7-14(19)12-13-20-17-10-5-3-8-15(17)16-9-4-6-11-18(16)20/h3-6,8-11,14H,2,7,12-13H2,1H3. The summed E-state index contributed by atoms with van der Waals surface area (Å²) < 4.78 is 2.47. The lowest BCUT2D eigenvalue weighted by Gasteiger charge is -2.11. The second-order valence-corrected chi connectivity index (χ2v) is 6.66. The summed E-state index contributed by atoms with van der Waals surface area (Å²) in [6.45, 7) is 3.32. The molecular formula is C18H20BrN. The van der Waals surface area contributed by atoms with Crippen molar-refractivity contribution in [2.75, 3.05) is 0 Å². The van der Waals surface area contributed by atoms with Gasteiger partial charge < -0.3 is 4.57 Å². The third kappa shape index (κ3) is 2.49. The highest BCUT2D eigenvalue weighted by atomic mass is 79.9. The van der Waals surface area contributed by atoms with Crippen molar-refractivity contribution in [1.82, 2.24) is 4.57 Å². The molecule has 1 nitrogen and oxygen atoms in total. The summed E-state index contributed by atoms with van der Waals surface area (Å²) in [5, 5.41) is 2.73. The van der Waals surface area contributed by atoms with Crippen molar-refractivity contribution in [3.05, 3.63) is 48.5 Å². The lowest BCUT2D eigenvalue weighted by atomic mass is 10.2. The number of benzene rings is 2. The van der Waals surface area contributed by atoms with Gasteiger partial charge in [0.1, 0.15) is 0 Å². The fraction of sp³-hybridized carbons (Fsp3) is 0.333. The molecule has 2 aromatic carbocycles. The van der Waals surface area contributed by atoms with Crippen molar-refractivity contribution < 1.29 is 0 Å². The van der Waals surface area contributed by atoms with Crippen LogP contribution in [-0.4, -0.2) is 9.39 Å². The first-order valence-corrected chi connectivity index (χ1v) is 8.33. The van der Waals surface area contributed by atoms with Gasteiger partial charge in [-0.25, -0.2) is 0 Å². The zero-order valence-electron chi connectivity index (χ0n) is 11.8. The van der Waals surface area contributed by atoms with E-state index in [1.807, 2.05) is 0 Å². The summed E-state index contributed by atoms with van der Waals surface area (Å²) >= 11 is 3.80. The van der Waals surface area contributed by atoms with Crippen LogP contribution in [0, 0.1) is 0 Å². The average molecular weight is 330 g/mol. The maximum absolute atomic E-state index is 3.80. The smallest absolute Gasteiger partial charge is 0.0491 e. The lowest BCUT2D eigenvalue weighted by Crippen LogP contribution is -2.05. The first-order chi connectivity index (χ1) is 9.81. The predicted octanol–water partition coefficient (Wildman–Crippen LogP) is 5.75. The van der Waals surface area contributed by atoms with Crippen molar-refractivity contribution in [2.45, 2.75) is 37.6 Å². The fourth-order valence-electron chi connectivity index (χ4n) is 2.97. The molecular weight excluding hydrogens is 310 g/mol. The predicted molar refractivity (Wildman–Crippen MR) is 91.7 cm³/mol. The molecule has 3 rings (SSSR count). The molecule has 0 aliphatic heterocycles. The summed E-state index contributed by atoms with van der Waals surface area (Å²) in [4.78, 5) is 0.618. The Morgan fingerprint density at radius 3 is 2.00 bits per heavy atom. The number of halogens is 1. The van der Waals surface area contributed by atoms with Crippen LogP contribution in [0.4, 0.5) is 0 Å². The van der Waals surface area contributed by atoms with Gasteiger partial charge in [-0.15, -0.1) is 0 Å². The first-order valence-electron chi connectivity index (χ1n) is 7.41. The van der Waals surface area contributed by atoms with Gasteiger partial charge in [0.15, 0.2) is 0 Å². The Balaban J connectivity index is 2.03. The number of hydrogen-bond acceptors (Lipinski definition) is 0. The van der Waals surface area contributed by atoms with Gasteiger partial charge in [-0.05, 0) is 25.0 Å². The molecule has 0 amide bonds. The molecule has 0 radical (unpaired) electrons. The van der Waals surface area contributed by atoms with Crippen LogP contribution >= 0.6 is 15.9 Å². The number of nitrogens with zero attached hydrogens (tertiary/aromatic N) is 1. The number of alkyl halides is 1. The maximum Gasteiger partial charge on any atom is 0.0491 e. The van der Waals surface area contributed by atoms with Gasteiger partial charge in [0.2, 0.25) is 0 Å². The molecule has 1 heterocycles. The summed E-state index contributed by atoms with van der Waals surface area (Å²) in [5.41, 5.74) is 2.70. The molecule has 0 saturated heterocycles. The van der Waals surface area contributed by atoms with Crippen molar-refractivity contribution in [3.8, 4) is 0 Å². The van der Waals surface area contributed by atoms with E-state index in [1.165, 1.54) is 41.1 Å². The molecule has 2 heteroatoms. The molecule has 0 fully saturated rings. The minimum Gasteiger partial charge on any atom is -0.340 e. The van der Waals surface area contributed by atoms with E-state index in [-0.39, 0.29) is 0 Å². The van der Waals surface area contributed by atoms with Crippen LogP contribution in [0.25, 0.3) is 21.8 Å². The quantitative estimate of drug-likeness (QED) is 0.525. The van der Waals surface area contributed by atoms with Crippen LogP contribution in [0.3, 0.4) is 0 Å². The summed E-state index contributed by atoms with van der Waals surface area (Å²) in [5.74, 6) is 0. The zero-order chi connectivity index (χ0) is 13.9. The SMILES string of the molecule is CCCC(Br)CCn1c2ccccc2c2ccccc21. The monoisotopic (exact) mass is 329 g/mol. The molecule has 0 aliphatic rings. The highest BCUT2D eigenvalue weighted by Gasteiger charge is 2.10. The summed E-state index contributed by atoms with van der Waals surface area (Å²) in [7, 11) is 0. The van der Waals surface area contributed by atoms with Crippen LogP contribution < -0.4 is 0 Å². The van der Waals surface area contributed by atoms with Crippen molar-refractivity contribution in [2.24, 2.45) is 0 Å². The van der Waals surface area contributed by atoms with E-state index in [2.05, 4.69) is 76.0 Å².